The van der Waals surface area contributed by atoms with Gasteiger partial charge < -0.3 is 10.2 Å². The van der Waals surface area contributed by atoms with Crippen LogP contribution in [-0.2, 0) is 16.1 Å². The summed E-state index contributed by atoms with van der Waals surface area (Å²) in [6.45, 7) is 4.62. The van der Waals surface area contributed by atoms with Crippen molar-refractivity contribution in [2.24, 2.45) is 0 Å². The number of carbonyl (C=O) groups is 2. The molecule has 0 aromatic heterocycles. The molecule has 1 aromatic carbocycles. The van der Waals surface area contributed by atoms with Gasteiger partial charge in [0.15, 0.2) is 0 Å². The topological polar surface area (TPSA) is 49.4 Å². The first-order valence-corrected chi connectivity index (χ1v) is 8.28. The maximum atomic E-state index is 12.4. The maximum absolute atomic E-state index is 12.4. The van der Waals surface area contributed by atoms with Crippen molar-refractivity contribution in [2.45, 2.75) is 44.1 Å². The summed E-state index contributed by atoms with van der Waals surface area (Å²) in [6, 6.07) is 7.70. The number of nitrogens with zero attached hydrogens (tertiary/aromatic N) is 1. The van der Waals surface area contributed by atoms with Gasteiger partial charge in [0.05, 0.1) is 4.87 Å². The van der Waals surface area contributed by atoms with Crippen LogP contribution in [0.4, 0.5) is 0 Å². The van der Waals surface area contributed by atoms with Crippen molar-refractivity contribution in [1.29, 1.82) is 0 Å². The van der Waals surface area contributed by atoms with Crippen LogP contribution in [0.25, 0.3) is 0 Å². The third-order valence-electron chi connectivity index (χ3n) is 4.46. The molecule has 3 rings (SSSR count). The van der Waals surface area contributed by atoms with Gasteiger partial charge in [-0.1, -0.05) is 24.3 Å². The minimum Gasteiger partial charge on any atom is -0.350 e. The van der Waals surface area contributed by atoms with Crippen molar-refractivity contribution < 1.29 is 9.59 Å². The van der Waals surface area contributed by atoms with Crippen molar-refractivity contribution in [3.8, 4) is 0 Å². The quantitative estimate of drug-likeness (QED) is 0.930. The number of amides is 2. The number of nitrogens with one attached hydrogen (secondary N) is 1. The van der Waals surface area contributed by atoms with E-state index in [0.29, 0.717) is 18.7 Å². The number of carbonyl (C=O) groups excluding carboxylic acids is 2. The first-order valence-electron chi connectivity index (χ1n) is 7.29. The predicted molar refractivity (Wildman–Crippen MR) is 83.8 cm³/mol. The summed E-state index contributed by atoms with van der Waals surface area (Å²) in [4.78, 5) is 26.1. The van der Waals surface area contributed by atoms with E-state index in [-0.39, 0.29) is 22.7 Å². The van der Waals surface area contributed by atoms with Gasteiger partial charge in [0, 0.05) is 18.7 Å². The van der Waals surface area contributed by atoms with E-state index < -0.39 is 0 Å². The zero-order chi connectivity index (χ0) is 15.0. The van der Waals surface area contributed by atoms with Crippen LogP contribution in [0.3, 0.4) is 0 Å². The highest BCUT2D eigenvalue weighted by Crippen LogP contribution is 2.47. The third kappa shape index (κ3) is 2.55. The molecule has 112 valence electrons. The lowest BCUT2D eigenvalue weighted by Crippen LogP contribution is -2.49. The summed E-state index contributed by atoms with van der Waals surface area (Å²) < 4.78 is 0. The molecule has 2 unspecified atom stereocenters. The normalized spacial score (nSPS) is 27.8. The molecular weight excluding hydrogens is 284 g/mol. The molecular formula is C16H20N2O2S. The first-order chi connectivity index (χ1) is 10.0. The minimum absolute atomic E-state index is 0.0373. The fourth-order valence-corrected chi connectivity index (χ4v) is 4.56. The van der Waals surface area contributed by atoms with Gasteiger partial charge in [-0.25, -0.2) is 0 Å². The monoisotopic (exact) mass is 304 g/mol. The molecule has 1 aromatic rings. The van der Waals surface area contributed by atoms with E-state index in [1.807, 2.05) is 31.2 Å². The molecule has 2 saturated heterocycles. The second-order valence-electron chi connectivity index (χ2n) is 5.91. The van der Waals surface area contributed by atoms with Crippen LogP contribution in [-0.4, -0.2) is 33.4 Å². The molecule has 5 heteroatoms. The standard InChI is InChI=1S/C16H20N2O2S/c1-11-5-3-4-6-12(11)9-17-15(20)13-10-21-16(2)8-7-14(19)18(13)16/h3-6,13H,7-10H2,1-2H3,(H,17,20). The highest BCUT2D eigenvalue weighted by Gasteiger charge is 2.52. The molecule has 0 aliphatic carbocycles. The van der Waals surface area contributed by atoms with Crippen LogP contribution >= 0.6 is 11.8 Å². The van der Waals surface area contributed by atoms with E-state index in [1.165, 1.54) is 5.56 Å². The predicted octanol–water partition coefficient (Wildman–Crippen LogP) is 2.07. The number of hydrogen-bond donors (Lipinski definition) is 1. The molecule has 2 aliphatic heterocycles. The molecule has 0 bridgehead atoms. The Labute approximate surface area is 129 Å². The molecule has 2 atom stereocenters. The Morgan fingerprint density at radius 3 is 3.00 bits per heavy atom. The Kier molecular flexibility index (Phi) is 3.69. The number of aryl methyl sites for hydroxylation is 1. The van der Waals surface area contributed by atoms with Gasteiger partial charge in [0.25, 0.3) is 0 Å². The van der Waals surface area contributed by atoms with Crippen LogP contribution in [0.5, 0.6) is 0 Å². The second-order valence-corrected chi connectivity index (χ2v) is 7.41. The molecule has 0 spiro atoms. The van der Waals surface area contributed by atoms with E-state index in [9.17, 15) is 9.59 Å². The molecule has 21 heavy (non-hydrogen) atoms. The van der Waals surface area contributed by atoms with Crippen molar-refractivity contribution in [3.63, 3.8) is 0 Å². The average Bonchev–Trinajstić information content (AvgIpc) is 2.95. The van der Waals surface area contributed by atoms with Gasteiger partial charge in [-0.3, -0.25) is 9.59 Å². The second kappa shape index (κ2) is 5.37. The highest BCUT2D eigenvalue weighted by atomic mass is 32.2. The molecule has 1 N–H and O–H groups in total. The molecule has 2 aliphatic rings. The van der Waals surface area contributed by atoms with Gasteiger partial charge in [-0.05, 0) is 31.4 Å². The summed E-state index contributed by atoms with van der Waals surface area (Å²) in [7, 11) is 0. The Bertz CT molecular complexity index is 589. The Hall–Kier alpha value is -1.49. The lowest BCUT2D eigenvalue weighted by molar-refractivity contribution is -0.138. The highest BCUT2D eigenvalue weighted by molar-refractivity contribution is 8.01. The van der Waals surface area contributed by atoms with E-state index in [0.717, 1.165) is 12.0 Å². The molecule has 0 radical (unpaired) electrons. The van der Waals surface area contributed by atoms with Gasteiger partial charge in [-0.2, -0.15) is 0 Å². The van der Waals surface area contributed by atoms with Gasteiger partial charge in [-0.15, -0.1) is 11.8 Å². The lowest BCUT2D eigenvalue weighted by Gasteiger charge is -2.29. The molecule has 2 fully saturated rings. The van der Waals surface area contributed by atoms with Crippen LogP contribution in [0.1, 0.15) is 30.9 Å². The van der Waals surface area contributed by atoms with Crippen molar-refractivity contribution >= 4 is 23.6 Å². The van der Waals surface area contributed by atoms with Crippen LogP contribution in [0.2, 0.25) is 0 Å². The van der Waals surface area contributed by atoms with Crippen molar-refractivity contribution in [1.82, 2.24) is 10.2 Å². The number of fused-ring (bicyclic) bond motifs is 1. The van der Waals surface area contributed by atoms with Crippen molar-refractivity contribution in [2.75, 3.05) is 5.75 Å². The van der Waals surface area contributed by atoms with E-state index in [4.69, 9.17) is 0 Å². The minimum atomic E-state index is -0.320. The van der Waals surface area contributed by atoms with Gasteiger partial charge in [0.2, 0.25) is 11.8 Å². The van der Waals surface area contributed by atoms with Crippen LogP contribution in [0.15, 0.2) is 24.3 Å². The van der Waals surface area contributed by atoms with Crippen LogP contribution in [0, 0.1) is 6.92 Å². The largest absolute Gasteiger partial charge is 0.350 e. The Morgan fingerprint density at radius 1 is 1.48 bits per heavy atom. The third-order valence-corrected chi connectivity index (χ3v) is 5.97. The summed E-state index contributed by atoms with van der Waals surface area (Å²) in [6.07, 6.45) is 1.41. The zero-order valence-corrected chi connectivity index (χ0v) is 13.2. The number of rotatable bonds is 3. The fraction of sp³-hybridized carbons (Fsp3) is 0.500. The molecule has 0 saturated carbocycles. The summed E-state index contributed by atoms with van der Waals surface area (Å²) >= 11 is 1.72. The fourth-order valence-electron chi connectivity index (χ4n) is 3.12. The van der Waals surface area contributed by atoms with E-state index in [2.05, 4.69) is 12.2 Å². The smallest absolute Gasteiger partial charge is 0.243 e. The first kappa shape index (κ1) is 14.4. The lowest BCUT2D eigenvalue weighted by atomic mass is 10.1. The number of thioether (sulfide) groups is 1. The van der Waals surface area contributed by atoms with Gasteiger partial charge in [0.1, 0.15) is 6.04 Å². The Morgan fingerprint density at radius 2 is 2.24 bits per heavy atom. The summed E-state index contributed by atoms with van der Waals surface area (Å²) in [5.74, 6) is 0.769. The van der Waals surface area contributed by atoms with E-state index >= 15 is 0 Å². The number of benzene rings is 1. The maximum Gasteiger partial charge on any atom is 0.243 e. The molecule has 2 heterocycles. The molecule has 2 amide bonds. The SMILES string of the molecule is Cc1ccccc1CNC(=O)C1CSC2(C)CCC(=O)N12. The zero-order valence-electron chi connectivity index (χ0n) is 12.4. The average molecular weight is 304 g/mol. The number of hydrogen-bond acceptors (Lipinski definition) is 3. The Balaban J connectivity index is 1.67. The summed E-state index contributed by atoms with van der Waals surface area (Å²) in [5.41, 5.74) is 2.28. The van der Waals surface area contributed by atoms with Gasteiger partial charge >= 0.3 is 0 Å². The van der Waals surface area contributed by atoms with Crippen LogP contribution < -0.4 is 5.32 Å². The van der Waals surface area contributed by atoms with Crippen molar-refractivity contribution in [3.05, 3.63) is 35.4 Å². The van der Waals surface area contributed by atoms with E-state index in [1.54, 1.807) is 16.7 Å². The summed E-state index contributed by atoms with van der Waals surface area (Å²) in [5, 5.41) is 2.99. The molecule has 4 nitrogen and oxygen atoms in total.